The minimum absolute atomic E-state index is 0.0703. The number of ether oxygens (including phenoxy) is 11. The maximum absolute atomic E-state index is 13.3. The lowest BCUT2D eigenvalue weighted by Crippen LogP contribution is -2.65. The molecule has 3 saturated carbocycles. The molecule has 0 amide bonds. The average Bonchev–Trinajstić information content (AvgIpc) is 3.30. The first-order valence-electron chi connectivity index (χ1n) is 22.9. The number of methoxy groups -OCH3 is 3. The fourth-order valence-electron chi connectivity index (χ4n) is 10.7. The number of hydrogen-bond donors (Lipinski definition) is 12. The van der Waals surface area contributed by atoms with Gasteiger partial charge in [0, 0.05) is 27.2 Å². The van der Waals surface area contributed by atoms with E-state index in [4.69, 9.17) is 52.1 Å². The number of carbonyl (C=O) groups is 1. The number of hydrogen-bond acceptors (Lipinski definition) is 24. The number of fused-ring (bicyclic) bond motifs is 1. The second-order valence-corrected chi connectivity index (χ2v) is 18.9. The van der Waals surface area contributed by atoms with E-state index in [1.165, 1.54) is 21.3 Å². The summed E-state index contributed by atoms with van der Waals surface area (Å²) in [5, 5.41) is 130. The van der Waals surface area contributed by atoms with E-state index in [0.29, 0.717) is 6.42 Å². The van der Waals surface area contributed by atoms with Gasteiger partial charge in [0.1, 0.15) is 79.9 Å². The Balaban J connectivity index is 1.06. The molecular formula is C42H70O24. The van der Waals surface area contributed by atoms with E-state index in [9.17, 15) is 66.1 Å². The molecule has 7 fully saturated rings. The molecule has 0 aromatic carbocycles. The third kappa shape index (κ3) is 11.4. The van der Waals surface area contributed by atoms with Crippen LogP contribution in [0.5, 0.6) is 0 Å². The van der Waals surface area contributed by atoms with E-state index in [0.717, 1.165) is 0 Å². The highest BCUT2D eigenvalue weighted by Crippen LogP contribution is 2.44. The Morgan fingerprint density at radius 1 is 0.530 bits per heavy atom. The van der Waals surface area contributed by atoms with Crippen molar-refractivity contribution < 1.29 is 118 Å². The van der Waals surface area contributed by atoms with Crippen LogP contribution in [0.1, 0.15) is 51.4 Å². The number of aliphatic hydroxyl groups excluding tert-OH is 12. The smallest absolute Gasteiger partial charge is 0.309 e. The van der Waals surface area contributed by atoms with Crippen LogP contribution in [0.3, 0.4) is 0 Å². The van der Waals surface area contributed by atoms with Crippen LogP contribution < -0.4 is 0 Å². The lowest BCUT2D eigenvalue weighted by Gasteiger charge is -2.51. The molecule has 24 nitrogen and oxygen atoms in total. The third-order valence-electron chi connectivity index (χ3n) is 14.6. The van der Waals surface area contributed by atoms with Crippen LogP contribution in [-0.4, -0.2) is 255 Å². The summed E-state index contributed by atoms with van der Waals surface area (Å²) in [6.45, 7) is -1.72. The largest absolute Gasteiger partial charge is 0.463 e. The van der Waals surface area contributed by atoms with Gasteiger partial charge in [0.25, 0.3) is 0 Å². The molecule has 0 spiro atoms. The van der Waals surface area contributed by atoms with E-state index in [1.54, 1.807) is 0 Å². The fraction of sp³-hybridized carbons (Fsp3) is 0.976. The van der Waals surface area contributed by atoms with Crippen molar-refractivity contribution >= 4 is 5.97 Å². The molecule has 4 saturated heterocycles. The molecule has 382 valence electrons. The van der Waals surface area contributed by atoms with Crippen molar-refractivity contribution in [3.05, 3.63) is 0 Å². The number of aliphatic hydroxyl groups is 12. The van der Waals surface area contributed by atoms with Gasteiger partial charge in [0.05, 0.1) is 74.1 Å². The van der Waals surface area contributed by atoms with Gasteiger partial charge < -0.3 is 113 Å². The van der Waals surface area contributed by atoms with E-state index in [1.807, 2.05) is 0 Å². The monoisotopic (exact) mass is 958 g/mol. The normalized spacial score (nSPS) is 51.5. The van der Waals surface area contributed by atoms with Crippen molar-refractivity contribution in [2.24, 2.45) is 17.8 Å². The summed E-state index contributed by atoms with van der Waals surface area (Å²) in [4.78, 5) is 13.3. The Labute approximate surface area is 381 Å². The van der Waals surface area contributed by atoms with Crippen molar-refractivity contribution in [1.82, 2.24) is 0 Å². The highest BCUT2D eigenvalue weighted by atomic mass is 16.8. The van der Waals surface area contributed by atoms with Crippen LogP contribution in [0.2, 0.25) is 0 Å². The summed E-state index contributed by atoms with van der Waals surface area (Å²) in [6.07, 6.45) is -30.0. The summed E-state index contributed by atoms with van der Waals surface area (Å²) in [5.74, 6) is -2.29. The maximum Gasteiger partial charge on any atom is 0.309 e. The predicted molar refractivity (Wildman–Crippen MR) is 214 cm³/mol. The van der Waals surface area contributed by atoms with Crippen molar-refractivity contribution in [3.8, 4) is 0 Å². The van der Waals surface area contributed by atoms with E-state index in [2.05, 4.69) is 0 Å². The lowest BCUT2D eigenvalue weighted by atomic mass is 9.72. The number of carbonyl (C=O) groups excluding carboxylic acids is 1. The number of esters is 1. The van der Waals surface area contributed by atoms with Gasteiger partial charge in [-0.25, -0.2) is 0 Å². The first-order chi connectivity index (χ1) is 31.4. The van der Waals surface area contributed by atoms with Gasteiger partial charge in [-0.3, -0.25) is 4.79 Å². The molecule has 25 atom stereocenters. The van der Waals surface area contributed by atoms with E-state index in [-0.39, 0.29) is 44.9 Å². The van der Waals surface area contributed by atoms with Gasteiger partial charge >= 0.3 is 5.97 Å². The molecule has 0 bridgehead atoms. The SMILES string of the molecule is COC1CC(C(=O)OC[C@H]2O[C@@H](OC[C@H]3O[C@@H](OC4CC5C(O)CC(O)CC5OC4C4CCC(O)C(O)C4)[C@H](O[C@@H]4OC[C@@H](O)[C@H](O)[C@H]4O)[C@@H](O)[C@H]3O)[C@H](O)[C@@H](O)[C@@H]2O)CC(OC)C1OC. The van der Waals surface area contributed by atoms with E-state index < -0.39 is 191 Å². The Hall–Kier alpha value is -1.41. The molecule has 12 N–H and O–H groups in total. The molecule has 7 aliphatic rings. The molecule has 4 heterocycles. The summed E-state index contributed by atoms with van der Waals surface area (Å²) in [7, 11) is 4.47. The van der Waals surface area contributed by atoms with Gasteiger partial charge in [-0.05, 0) is 57.3 Å². The second kappa shape index (κ2) is 22.8. The van der Waals surface area contributed by atoms with Crippen LogP contribution in [0.4, 0.5) is 0 Å². The zero-order valence-electron chi connectivity index (χ0n) is 37.1. The molecule has 4 aliphatic heterocycles. The first-order valence-corrected chi connectivity index (χ1v) is 22.9. The van der Waals surface area contributed by atoms with Gasteiger partial charge in [0.15, 0.2) is 18.9 Å². The molecule has 7 rings (SSSR count). The highest BCUT2D eigenvalue weighted by Gasteiger charge is 2.55. The Bertz CT molecular complexity index is 1520. The quantitative estimate of drug-likeness (QED) is 0.0722. The van der Waals surface area contributed by atoms with Gasteiger partial charge in [-0.1, -0.05) is 0 Å². The third-order valence-corrected chi connectivity index (χ3v) is 14.6. The van der Waals surface area contributed by atoms with Crippen molar-refractivity contribution in [3.63, 3.8) is 0 Å². The van der Waals surface area contributed by atoms with E-state index >= 15 is 0 Å². The molecule has 0 radical (unpaired) electrons. The Morgan fingerprint density at radius 2 is 1.18 bits per heavy atom. The summed E-state index contributed by atoms with van der Waals surface area (Å²) >= 11 is 0. The maximum atomic E-state index is 13.3. The van der Waals surface area contributed by atoms with Crippen LogP contribution in [0.25, 0.3) is 0 Å². The highest BCUT2D eigenvalue weighted by molar-refractivity contribution is 5.72. The number of rotatable bonds is 14. The standard InChI is InChI=1S/C42H70O24/c1-56-24-7-16(8-25(57-2)37(24)58-3)39(55)59-13-27-30(49)32(51)35(54)40(64-27)61-14-28-31(50)33(52)38(66-41-34(53)29(48)22(47)12-60-41)42(65-28)63-26-11-18-20(45)9-17(43)10-23(18)62-36(26)15-4-5-19(44)21(46)6-15/h15-38,40-54H,4-14H2,1-3H3/t15?,16?,17?,18?,19?,20?,21?,22-,23?,24?,25?,26?,27-,28-,29+,30-,31+,32+,33+,34-,35-,36?,37?,38-,40-,41+,42-/m1/s1. The molecular weight excluding hydrogens is 888 g/mol. The minimum Gasteiger partial charge on any atom is -0.463 e. The summed E-state index contributed by atoms with van der Waals surface area (Å²) in [5.41, 5.74) is 0. The molecule has 11 unspecified atom stereocenters. The van der Waals surface area contributed by atoms with Crippen LogP contribution in [0, 0.1) is 17.8 Å². The van der Waals surface area contributed by atoms with Gasteiger partial charge in [0.2, 0.25) is 0 Å². The topological polar surface area (TPSA) is 361 Å². The van der Waals surface area contributed by atoms with Crippen molar-refractivity contribution in [1.29, 1.82) is 0 Å². The zero-order valence-corrected chi connectivity index (χ0v) is 37.1. The van der Waals surface area contributed by atoms with Crippen molar-refractivity contribution in [2.45, 2.75) is 198 Å². The molecule has 0 aromatic heterocycles. The van der Waals surface area contributed by atoms with Crippen LogP contribution >= 0.6 is 0 Å². The fourth-order valence-corrected chi connectivity index (χ4v) is 10.7. The van der Waals surface area contributed by atoms with Crippen LogP contribution in [-0.2, 0) is 56.9 Å². The summed E-state index contributed by atoms with van der Waals surface area (Å²) in [6, 6.07) is 0. The predicted octanol–water partition coefficient (Wildman–Crippen LogP) is -5.72. The minimum atomic E-state index is -1.92. The first kappa shape index (κ1) is 52.4. The summed E-state index contributed by atoms with van der Waals surface area (Å²) < 4.78 is 64.5. The average molecular weight is 959 g/mol. The van der Waals surface area contributed by atoms with Gasteiger partial charge in [-0.2, -0.15) is 0 Å². The van der Waals surface area contributed by atoms with Crippen molar-refractivity contribution in [2.75, 3.05) is 41.2 Å². The molecule has 66 heavy (non-hydrogen) atoms. The second-order valence-electron chi connectivity index (χ2n) is 18.9. The lowest BCUT2D eigenvalue weighted by molar-refractivity contribution is -0.376. The van der Waals surface area contributed by atoms with Gasteiger partial charge in [-0.15, -0.1) is 0 Å². The zero-order chi connectivity index (χ0) is 47.7. The Morgan fingerprint density at radius 3 is 1.85 bits per heavy atom. The Kier molecular flexibility index (Phi) is 18.1. The molecule has 24 heteroatoms. The molecule has 3 aliphatic carbocycles. The molecule has 0 aromatic rings. The van der Waals surface area contributed by atoms with Crippen LogP contribution in [0.15, 0.2) is 0 Å².